The standard InChI is InChI=1S/C22H27N3O3/c1-15-10-11-18(13-19(15)25-12-6-9-21(25)26)24-22(27)23-17(3)14-28-20-8-5-4-7-16(20)2/h4-5,7-8,10-11,13,17H,6,9,12,14H2,1-3H3,(H2,23,24,27)/t17-/m0/s1. The van der Waals surface area contributed by atoms with Crippen LogP contribution in [0.4, 0.5) is 16.2 Å². The van der Waals surface area contributed by atoms with Crippen LogP contribution in [-0.2, 0) is 4.79 Å². The Kier molecular flexibility index (Phi) is 6.19. The molecule has 0 aliphatic carbocycles. The Labute approximate surface area is 165 Å². The molecule has 2 aromatic rings. The summed E-state index contributed by atoms with van der Waals surface area (Å²) in [6.45, 7) is 6.94. The van der Waals surface area contributed by atoms with Crippen LogP contribution in [0.5, 0.6) is 5.75 Å². The summed E-state index contributed by atoms with van der Waals surface area (Å²) in [6, 6.07) is 12.9. The minimum absolute atomic E-state index is 0.131. The van der Waals surface area contributed by atoms with E-state index in [2.05, 4.69) is 10.6 Å². The molecule has 1 fully saturated rings. The molecule has 28 heavy (non-hydrogen) atoms. The fourth-order valence-corrected chi connectivity index (χ4v) is 3.25. The lowest BCUT2D eigenvalue weighted by Crippen LogP contribution is -2.39. The van der Waals surface area contributed by atoms with Gasteiger partial charge in [-0.25, -0.2) is 4.79 Å². The molecular weight excluding hydrogens is 354 g/mol. The van der Waals surface area contributed by atoms with E-state index in [0.717, 1.165) is 35.5 Å². The predicted octanol–water partition coefficient (Wildman–Crippen LogP) is 4.02. The average Bonchev–Trinajstić information content (AvgIpc) is 3.08. The molecule has 0 radical (unpaired) electrons. The molecule has 0 unspecified atom stereocenters. The molecule has 2 aromatic carbocycles. The zero-order valence-corrected chi connectivity index (χ0v) is 16.6. The van der Waals surface area contributed by atoms with Crippen LogP contribution < -0.4 is 20.3 Å². The van der Waals surface area contributed by atoms with Gasteiger partial charge in [-0.15, -0.1) is 0 Å². The van der Waals surface area contributed by atoms with Crippen LogP contribution in [0.25, 0.3) is 0 Å². The molecule has 1 aliphatic heterocycles. The molecular formula is C22H27N3O3. The lowest BCUT2D eigenvalue weighted by atomic mass is 10.1. The smallest absolute Gasteiger partial charge is 0.319 e. The van der Waals surface area contributed by atoms with Gasteiger partial charge in [0.1, 0.15) is 12.4 Å². The maximum atomic E-state index is 12.3. The molecule has 0 aromatic heterocycles. The zero-order chi connectivity index (χ0) is 20.1. The summed E-state index contributed by atoms with van der Waals surface area (Å²) in [5, 5.41) is 5.72. The zero-order valence-electron chi connectivity index (χ0n) is 16.6. The first-order valence-electron chi connectivity index (χ1n) is 9.61. The van der Waals surface area contributed by atoms with Gasteiger partial charge in [0.2, 0.25) is 5.91 Å². The number of carbonyl (C=O) groups is 2. The number of nitrogens with one attached hydrogen (secondary N) is 2. The maximum absolute atomic E-state index is 12.3. The van der Waals surface area contributed by atoms with Gasteiger partial charge in [-0.1, -0.05) is 24.3 Å². The van der Waals surface area contributed by atoms with E-state index in [1.54, 1.807) is 4.90 Å². The fraction of sp³-hybridized carbons (Fsp3) is 0.364. The number of urea groups is 1. The lowest BCUT2D eigenvalue weighted by molar-refractivity contribution is -0.117. The third-order valence-corrected chi connectivity index (χ3v) is 4.79. The topological polar surface area (TPSA) is 70.7 Å². The molecule has 6 heteroatoms. The summed E-state index contributed by atoms with van der Waals surface area (Å²) in [5.41, 5.74) is 3.59. The van der Waals surface area contributed by atoms with Crippen molar-refractivity contribution in [3.05, 3.63) is 53.6 Å². The largest absolute Gasteiger partial charge is 0.491 e. The number of aryl methyl sites for hydroxylation is 2. The van der Waals surface area contributed by atoms with E-state index in [1.165, 1.54) is 0 Å². The third-order valence-electron chi connectivity index (χ3n) is 4.79. The molecule has 148 valence electrons. The summed E-state index contributed by atoms with van der Waals surface area (Å²) in [6.07, 6.45) is 1.45. The van der Waals surface area contributed by atoms with Crippen LogP contribution in [0.2, 0.25) is 0 Å². The van der Waals surface area contributed by atoms with Crippen molar-refractivity contribution in [2.75, 3.05) is 23.4 Å². The van der Waals surface area contributed by atoms with E-state index in [0.29, 0.717) is 18.7 Å². The molecule has 6 nitrogen and oxygen atoms in total. The van der Waals surface area contributed by atoms with Gasteiger partial charge in [-0.2, -0.15) is 0 Å². The van der Waals surface area contributed by atoms with Gasteiger partial charge in [0, 0.05) is 24.3 Å². The second-order valence-electron chi connectivity index (χ2n) is 7.23. The van der Waals surface area contributed by atoms with Crippen LogP contribution >= 0.6 is 0 Å². The Morgan fingerprint density at radius 1 is 1.18 bits per heavy atom. The van der Waals surface area contributed by atoms with Crippen LogP contribution in [0, 0.1) is 13.8 Å². The molecule has 0 spiro atoms. The molecule has 0 bridgehead atoms. The summed E-state index contributed by atoms with van der Waals surface area (Å²) in [5.74, 6) is 0.946. The number of hydrogen-bond donors (Lipinski definition) is 2. The van der Waals surface area contributed by atoms with Crippen LogP contribution in [0.1, 0.15) is 30.9 Å². The van der Waals surface area contributed by atoms with Crippen LogP contribution in [0.15, 0.2) is 42.5 Å². The second kappa shape index (κ2) is 8.78. The Balaban J connectivity index is 1.55. The summed E-state index contributed by atoms with van der Waals surface area (Å²) in [4.78, 5) is 26.1. The van der Waals surface area contributed by atoms with Crippen molar-refractivity contribution in [3.8, 4) is 5.75 Å². The minimum Gasteiger partial charge on any atom is -0.491 e. The van der Waals surface area contributed by atoms with Gasteiger partial charge >= 0.3 is 6.03 Å². The number of ether oxygens (including phenoxy) is 1. The summed E-state index contributed by atoms with van der Waals surface area (Å²) < 4.78 is 5.78. The van der Waals surface area contributed by atoms with Crippen molar-refractivity contribution >= 4 is 23.3 Å². The fourth-order valence-electron chi connectivity index (χ4n) is 3.25. The van der Waals surface area contributed by atoms with Gasteiger partial charge in [0.05, 0.1) is 6.04 Å². The number of nitrogens with zero attached hydrogens (tertiary/aromatic N) is 1. The Morgan fingerprint density at radius 2 is 1.96 bits per heavy atom. The van der Waals surface area contributed by atoms with Crippen LogP contribution in [-0.4, -0.2) is 31.1 Å². The van der Waals surface area contributed by atoms with E-state index in [9.17, 15) is 9.59 Å². The number of hydrogen-bond acceptors (Lipinski definition) is 3. The monoisotopic (exact) mass is 381 g/mol. The SMILES string of the molecule is Cc1ccccc1OC[C@H](C)NC(=O)Nc1ccc(C)c(N2CCCC2=O)c1. The molecule has 1 heterocycles. The number of rotatable bonds is 6. The van der Waals surface area contributed by atoms with E-state index < -0.39 is 0 Å². The summed E-state index contributed by atoms with van der Waals surface area (Å²) in [7, 11) is 0. The van der Waals surface area contributed by atoms with Crippen molar-refractivity contribution in [2.45, 2.75) is 39.7 Å². The Hall–Kier alpha value is -3.02. The van der Waals surface area contributed by atoms with E-state index in [1.807, 2.05) is 63.2 Å². The Morgan fingerprint density at radius 3 is 2.68 bits per heavy atom. The number of para-hydroxylation sites is 1. The van der Waals surface area contributed by atoms with Crippen molar-refractivity contribution in [3.63, 3.8) is 0 Å². The van der Waals surface area contributed by atoms with Crippen molar-refractivity contribution in [1.82, 2.24) is 5.32 Å². The number of amides is 3. The van der Waals surface area contributed by atoms with Crippen LogP contribution in [0.3, 0.4) is 0 Å². The van der Waals surface area contributed by atoms with E-state index in [-0.39, 0.29) is 18.0 Å². The predicted molar refractivity (Wildman–Crippen MR) is 111 cm³/mol. The third kappa shape index (κ3) is 4.82. The lowest BCUT2D eigenvalue weighted by Gasteiger charge is -2.20. The summed E-state index contributed by atoms with van der Waals surface area (Å²) >= 11 is 0. The second-order valence-corrected chi connectivity index (χ2v) is 7.23. The first-order chi connectivity index (χ1) is 13.4. The number of anilines is 2. The highest BCUT2D eigenvalue weighted by Gasteiger charge is 2.23. The van der Waals surface area contributed by atoms with Gasteiger partial charge in [-0.3, -0.25) is 4.79 Å². The first kappa shape index (κ1) is 19.7. The number of carbonyl (C=O) groups excluding carboxylic acids is 2. The van der Waals surface area contributed by atoms with E-state index >= 15 is 0 Å². The number of benzene rings is 2. The maximum Gasteiger partial charge on any atom is 0.319 e. The molecule has 1 atom stereocenters. The normalized spacial score (nSPS) is 14.7. The molecule has 3 amide bonds. The quantitative estimate of drug-likeness (QED) is 0.794. The van der Waals surface area contributed by atoms with Gasteiger partial charge in [0.15, 0.2) is 0 Å². The highest BCUT2D eigenvalue weighted by molar-refractivity contribution is 5.97. The molecule has 3 rings (SSSR count). The highest BCUT2D eigenvalue weighted by Crippen LogP contribution is 2.28. The van der Waals surface area contributed by atoms with Crippen molar-refractivity contribution in [1.29, 1.82) is 0 Å². The molecule has 0 saturated carbocycles. The molecule has 1 aliphatic rings. The highest BCUT2D eigenvalue weighted by atomic mass is 16.5. The van der Waals surface area contributed by atoms with Crippen molar-refractivity contribution in [2.24, 2.45) is 0 Å². The van der Waals surface area contributed by atoms with Gasteiger partial charge < -0.3 is 20.3 Å². The van der Waals surface area contributed by atoms with Crippen molar-refractivity contribution < 1.29 is 14.3 Å². The molecule has 1 saturated heterocycles. The van der Waals surface area contributed by atoms with Gasteiger partial charge in [0.25, 0.3) is 0 Å². The minimum atomic E-state index is -0.302. The van der Waals surface area contributed by atoms with Gasteiger partial charge in [-0.05, 0) is 56.5 Å². The first-order valence-corrected chi connectivity index (χ1v) is 9.61. The molecule has 2 N–H and O–H groups in total. The average molecular weight is 381 g/mol. The van der Waals surface area contributed by atoms with E-state index in [4.69, 9.17) is 4.74 Å². The Bertz CT molecular complexity index is 866.